The van der Waals surface area contributed by atoms with Crippen molar-refractivity contribution in [2.75, 3.05) is 26.2 Å². The summed E-state index contributed by atoms with van der Waals surface area (Å²) in [5.41, 5.74) is 1.09. The van der Waals surface area contributed by atoms with Crippen molar-refractivity contribution in [3.63, 3.8) is 0 Å². The standard InChI is InChI=1S/C19H25ClN2O2/c20-17-5-3-4-15(14-17)6-7-18(23)21-12-8-16(9-13-21)19(24)22-10-1-2-11-22/h3-5,14,16H,1-2,6-13H2. The molecule has 24 heavy (non-hydrogen) atoms. The minimum Gasteiger partial charge on any atom is -0.343 e. The zero-order chi connectivity index (χ0) is 16.9. The number of hydrogen-bond acceptors (Lipinski definition) is 2. The van der Waals surface area contributed by atoms with Gasteiger partial charge in [-0.25, -0.2) is 0 Å². The second-order valence-electron chi connectivity index (χ2n) is 6.82. The molecule has 0 aliphatic carbocycles. The zero-order valence-electron chi connectivity index (χ0n) is 14.0. The molecule has 2 saturated heterocycles. The molecule has 0 aromatic heterocycles. The lowest BCUT2D eigenvalue weighted by Crippen LogP contribution is -2.43. The van der Waals surface area contributed by atoms with Crippen molar-refractivity contribution in [3.05, 3.63) is 34.9 Å². The van der Waals surface area contributed by atoms with E-state index in [2.05, 4.69) is 0 Å². The number of benzene rings is 1. The molecule has 2 aliphatic rings. The van der Waals surface area contributed by atoms with E-state index >= 15 is 0 Å². The highest BCUT2D eigenvalue weighted by Gasteiger charge is 2.30. The number of hydrogen-bond donors (Lipinski definition) is 0. The summed E-state index contributed by atoms with van der Waals surface area (Å²) in [7, 11) is 0. The molecule has 2 aliphatic heterocycles. The fourth-order valence-corrected chi connectivity index (χ4v) is 3.89. The predicted molar refractivity (Wildman–Crippen MR) is 94.9 cm³/mol. The van der Waals surface area contributed by atoms with Crippen LogP contribution in [0, 0.1) is 5.92 Å². The van der Waals surface area contributed by atoms with Gasteiger partial charge >= 0.3 is 0 Å². The largest absolute Gasteiger partial charge is 0.343 e. The van der Waals surface area contributed by atoms with Crippen LogP contribution in [0.2, 0.25) is 5.02 Å². The topological polar surface area (TPSA) is 40.6 Å². The molecule has 1 aromatic rings. The van der Waals surface area contributed by atoms with Crippen LogP contribution in [0.4, 0.5) is 0 Å². The fraction of sp³-hybridized carbons (Fsp3) is 0.579. The molecule has 0 bridgehead atoms. The normalized spacial score (nSPS) is 18.9. The average Bonchev–Trinajstić information content (AvgIpc) is 3.14. The van der Waals surface area contributed by atoms with Crippen molar-refractivity contribution in [1.29, 1.82) is 0 Å². The van der Waals surface area contributed by atoms with E-state index in [1.807, 2.05) is 34.1 Å². The number of likely N-dealkylation sites (tertiary alicyclic amines) is 2. The SMILES string of the molecule is O=C(CCc1cccc(Cl)c1)N1CCC(C(=O)N2CCCC2)CC1. The van der Waals surface area contributed by atoms with Gasteiger partial charge in [-0.05, 0) is 49.8 Å². The van der Waals surface area contributed by atoms with Gasteiger partial charge < -0.3 is 9.80 Å². The Labute approximate surface area is 148 Å². The van der Waals surface area contributed by atoms with Gasteiger partial charge in [-0.1, -0.05) is 23.7 Å². The predicted octanol–water partition coefficient (Wildman–Crippen LogP) is 3.13. The number of halogens is 1. The third kappa shape index (κ3) is 4.29. The Balaban J connectivity index is 1.44. The van der Waals surface area contributed by atoms with Gasteiger partial charge in [0.05, 0.1) is 0 Å². The lowest BCUT2D eigenvalue weighted by atomic mass is 9.95. The second kappa shape index (κ2) is 8.02. The summed E-state index contributed by atoms with van der Waals surface area (Å²) in [6.45, 7) is 3.24. The smallest absolute Gasteiger partial charge is 0.225 e. The molecule has 0 saturated carbocycles. The van der Waals surface area contributed by atoms with E-state index in [1.165, 1.54) is 0 Å². The van der Waals surface area contributed by atoms with Crippen LogP contribution < -0.4 is 0 Å². The van der Waals surface area contributed by atoms with Crippen molar-refractivity contribution in [3.8, 4) is 0 Å². The summed E-state index contributed by atoms with van der Waals surface area (Å²) < 4.78 is 0. The Morgan fingerprint density at radius 3 is 2.42 bits per heavy atom. The number of amides is 2. The molecule has 3 rings (SSSR count). The molecule has 0 N–H and O–H groups in total. The molecule has 5 heteroatoms. The molecule has 0 unspecified atom stereocenters. The Bertz CT molecular complexity index is 591. The minimum absolute atomic E-state index is 0.111. The second-order valence-corrected chi connectivity index (χ2v) is 7.25. The highest BCUT2D eigenvalue weighted by molar-refractivity contribution is 6.30. The quantitative estimate of drug-likeness (QED) is 0.838. The van der Waals surface area contributed by atoms with Gasteiger partial charge in [0.15, 0.2) is 0 Å². The summed E-state index contributed by atoms with van der Waals surface area (Å²) in [6.07, 6.45) is 5.09. The van der Waals surface area contributed by atoms with Crippen molar-refractivity contribution in [1.82, 2.24) is 9.80 Å². The maximum absolute atomic E-state index is 12.4. The third-order valence-electron chi connectivity index (χ3n) is 5.13. The van der Waals surface area contributed by atoms with Gasteiger partial charge in [0, 0.05) is 43.5 Å². The molecule has 1 aromatic carbocycles. The van der Waals surface area contributed by atoms with E-state index in [0.29, 0.717) is 36.9 Å². The zero-order valence-corrected chi connectivity index (χ0v) is 14.8. The molecular weight excluding hydrogens is 324 g/mol. The summed E-state index contributed by atoms with van der Waals surface area (Å²) in [4.78, 5) is 28.7. The van der Waals surface area contributed by atoms with Crippen LogP contribution in [0.1, 0.15) is 37.7 Å². The van der Waals surface area contributed by atoms with Crippen LogP contribution in [0.15, 0.2) is 24.3 Å². The monoisotopic (exact) mass is 348 g/mol. The molecule has 2 heterocycles. The van der Waals surface area contributed by atoms with Crippen LogP contribution >= 0.6 is 11.6 Å². The van der Waals surface area contributed by atoms with Crippen LogP contribution in [0.3, 0.4) is 0 Å². The summed E-state index contributed by atoms with van der Waals surface area (Å²) >= 11 is 5.98. The van der Waals surface area contributed by atoms with E-state index < -0.39 is 0 Å². The first-order valence-corrected chi connectivity index (χ1v) is 9.32. The number of piperidine rings is 1. The van der Waals surface area contributed by atoms with E-state index in [4.69, 9.17) is 11.6 Å². The summed E-state index contributed by atoms with van der Waals surface area (Å²) in [5.74, 6) is 0.598. The van der Waals surface area contributed by atoms with Crippen LogP contribution in [-0.4, -0.2) is 47.8 Å². The molecule has 2 fully saturated rings. The molecule has 0 atom stereocenters. The van der Waals surface area contributed by atoms with Gasteiger partial charge in [-0.2, -0.15) is 0 Å². The average molecular weight is 349 g/mol. The highest BCUT2D eigenvalue weighted by Crippen LogP contribution is 2.23. The maximum Gasteiger partial charge on any atom is 0.225 e. The van der Waals surface area contributed by atoms with Crippen molar-refractivity contribution in [2.45, 2.75) is 38.5 Å². The number of nitrogens with zero attached hydrogens (tertiary/aromatic N) is 2. The summed E-state index contributed by atoms with van der Waals surface area (Å²) in [6, 6.07) is 7.67. The molecule has 0 spiro atoms. The fourth-order valence-electron chi connectivity index (χ4n) is 3.67. The number of aryl methyl sites for hydroxylation is 1. The lowest BCUT2D eigenvalue weighted by molar-refractivity contribution is -0.140. The molecule has 4 nitrogen and oxygen atoms in total. The van der Waals surface area contributed by atoms with E-state index in [-0.39, 0.29) is 11.8 Å². The van der Waals surface area contributed by atoms with Crippen LogP contribution in [0.5, 0.6) is 0 Å². The number of rotatable bonds is 4. The third-order valence-corrected chi connectivity index (χ3v) is 5.37. The van der Waals surface area contributed by atoms with Gasteiger partial charge in [-0.3, -0.25) is 9.59 Å². The van der Waals surface area contributed by atoms with Gasteiger partial charge in [0.2, 0.25) is 11.8 Å². The van der Waals surface area contributed by atoms with E-state index in [9.17, 15) is 9.59 Å². The minimum atomic E-state index is 0.111. The first-order valence-electron chi connectivity index (χ1n) is 8.94. The molecular formula is C19H25ClN2O2. The molecule has 2 amide bonds. The van der Waals surface area contributed by atoms with Crippen molar-refractivity contribution < 1.29 is 9.59 Å². The van der Waals surface area contributed by atoms with Crippen molar-refractivity contribution in [2.24, 2.45) is 5.92 Å². The number of carbonyl (C=O) groups excluding carboxylic acids is 2. The van der Waals surface area contributed by atoms with Gasteiger partial charge in [-0.15, -0.1) is 0 Å². The highest BCUT2D eigenvalue weighted by atomic mass is 35.5. The van der Waals surface area contributed by atoms with E-state index in [0.717, 1.165) is 44.3 Å². The Morgan fingerprint density at radius 2 is 1.75 bits per heavy atom. The Morgan fingerprint density at radius 1 is 1.04 bits per heavy atom. The van der Waals surface area contributed by atoms with Crippen LogP contribution in [0.25, 0.3) is 0 Å². The van der Waals surface area contributed by atoms with E-state index in [1.54, 1.807) is 0 Å². The molecule has 0 radical (unpaired) electrons. The first-order chi connectivity index (χ1) is 11.6. The summed E-state index contributed by atoms with van der Waals surface area (Å²) in [5, 5.41) is 0.709. The first kappa shape index (κ1) is 17.3. The maximum atomic E-state index is 12.4. The molecule has 130 valence electrons. The Kier molecular flexibility index (Phi) is 5.77. The lowest BCUT2D eigenvalue weighted by Gasteiger charge is -2.33. The van der Waals surface area contributed by atoms with Gasteiger partial charge in [0.25, 0.3) is 0 Å². The van der Waals surface area contributed by atoms with Crippen molar-refractivity contribution >= 4 is 23.4 Å². The number of carbonyl (C=O) groups is 2. The Hall–Kier alpha value is -1.55. The van der Waals surface area contributed by atoms with Crippen LogP contribution in [-0.2, 0) is 16.0 Å². The van der Waals surface area contributed by atoms with Gasteiger partial charge in [0.1, 0.15) is 0 Å².